The summed E-state index contributed by atoms with van der Waals surface area (Å²) in [5.74, 6) is 1.57. The third kappa shape index (κ3) is 2.43. The van der Waals surface area contributed by atoms with Crippen LogP contribution >= 0.6 is 0 Å². The summed E-state index contributed by atoms with van der Waals surface area (Å²) >= 11 is 0. The molecule has 0 radical (unpaired) electrons. The molecular formula is C14H18O3. The third-order valence-electron chi connectivity index (χ3n) is 3.26. The Kier molecular flexibility index (Phi) is 3.67. The second-order valence-corrected chi connectivity index (χ2v) is 4.35. The molecule has 1 aliphatic rings. The fraction of sp³-hybridized carbons (Fsp3) is 0.500. The van der Waals surface area contributed by atoms with E-state index in [0.29, 0.717) is 17.9 Å². The molecule has 92 valence electrons. The van der Waals surface area contributed by atoms with Gasteiger partial charge in [0.2, 0.25) is 0 Å². The van der Waals surface area contributed by atoms with Gasteiger partial charge in [0.15, 0.2) is 17.3 Å². The predicted octanol–water partition coefficient (Wildman–Crippen LogP) is 3.00. The van der Waals surface area contributed by atoms with Crippen LogP contribution in [0.2, 0.25) is 0 Å². The van der Waals surface area contributed by atoms with Crippen LogP contribution in [0.1, 0.15) is 41.6 Å². The van der Waals surface area contributed by atoms with E-state index in [1.807, 2.05) is 12.1 Å². The van der Waals surface area contributed by atoms with Crippen molar-refractivity contribution in [3.63, 3.8) is 0 Å². The van der Waals surface area contributed by atoms with Gasteiger partial charge in [0.25, 0.3) is 0 Å². The molecule has 0 N–H and O–H groups in total. The number of hydrogen-bond donors (Lipinski definition) is 0. The van der Waals surface area contributed by atoms with Gasteiger partial charge in [-0.1, -0.05) is 6.42 Å². The summed E-state index contributed by atoms with van der Waals surface area (Å²) in [6.07, 6.45) is 4.84. The summed E-state index contributed by atoms with van der Waals surface area (Å²) in [5, 5.41) is 0. The van der Waals surface area contributed by atoms with Crippen LogP contribution in [-0.4, -0.2) is 20.0 Å². The molecule has 1 aromatic carbocycles. The second kappa shape index (κ2) is 5.21. The molecule has 3 heteroatoms. The molecule has 0 saturated carbocycles. The number of Topliss-reactive ketones (excluding diaryl/α,β-unsaturated/α-hetero) is 1. The first-order valence-electron chi connectivity index (χ1n) is 6.04. The minimum atomic E-state index is 0.223. The zero-order valence-corrected chi connectivity index (χ0v) is 10.4. The highest BCUT2D eigenvalue weighted by Crippen LogP contribution is 2.33. The maximum atomic E-state index is 12.0. The molecule has 1 aromatic rings. The first-order valence-corrected chi connectivity index (χ1v) is 6.04. The molecule has 0 saturated heterocycles. The lowest BCUT2D eigenvalue weighted by Crippen LogP contribution is -2.08. The zero-order valence-electron chi connectivity index (χ0n) is 10.4. The topological polar surface area (TPSA) is 35.5 Å². The molecule has 0 heterocycles. The van der Waals surface area contributed by atoms with Crippen LogP contribution in [-0.2, 0) is 6.42 Å². The average Bonchev–Trinajstić information content (AvgIpc) is 2.35. The minimum absolute atomic E-state index is 0.223. The van der Waals surface area contributed by atoms with Crippen LogP contribution < -0.4 is 9.47 Å². The summed E-state index contributed by atoms with van der Waals surface area (Å²) in [6, 6.07) is 3.76. The molecular weight excluding hydrogens is 216 g/mol. The fourth-order valence-corrected chi connectivity index (χ4v) is 2.30. The Morgan fingerprint density at radius 2 is 1.59 bits per heavy atom. The summed E-state index contributed by atoms with van der Waals surface area (Å²) in [6.45, 7) is 0. The Morgan fingerprint density at radius 3 is 2.29 bits per heavy atom. The van der Waals surface area contributed by atoms with Crippen molar-refractivity contribution >= 4 is 5.78 Å². The van der Waals surface area contributed by atoms with Crippen LogP contribution in [0.15, 0.2) is 12.1 Å². The highest BCUT2D eigenvalue weighted by atomic mass is 16.5. The molecule has 2 rings (SSSR count). The van der Waals surface area contributed by atoms with Crippen LogP contribution in [0, 0.1) is 0 Å². The minimum Gasteiger partial charge on any atom is -0.493 e. The first kappa shape index (κ1) is 12.0. The van der Waals surface area contributed by atoms with E-state index in [4.69, 9.17) is 9.47 Å². The monoisotopic (exact) mass is 234 g/mol. The number of hydrogen-bond acceptors (Lipinski definition) is 3. The van der Waals surface area contributed by atoms with Crippen molar-refractivity contribution in [2.45, 2.75) is 32.1 Å². The van der Waals surface area contributed by atoms with Crippen LogP contribution in [0.5, 0.6) is 11.5 Å². The smallest absolute Gasteiger partial charge is 0.163 e. The molecule has 3 nitrogen and oxygen atoms in total. The van der Waals surface area contributed by atoms with Gasteiger partial charge in [-0.25, -0.2) is 0 Å². The molecule has 0 spiro atoms. The lowest BCUT2D eigenvalue weighted by molar-refractivity contribution is 0.0976. The van der Waals surface area contributed by atoms with Crippen molar-refractivity contribution < 1.29 is 14.3 Å². The summed E-state index contributed by atoms with van der Waals surface area (Å²) in [4.78, 5) is 12.0. The van der Waals surface area contributed by atoms with Gasteiger partial charge in [-0.15, -0.1) is 0 Å². The predicted molar refractivity (Wildman–Crippen MR) is 66.0 cm³/mol. The lowest BCUT2D eigenvalue weighted by atomic mass is 9.92. The van der Waals surface area contributed by atoms with Gasteiger partial charge in [0, 0.05) is 12.0 Å². The maximum absolute atomic E-state index is 12.0. The van der Waals surface area contributed by atoms with Crippen LogP contribution in [0.25, 0.3) is 0 Å². The van der Waals surface area contributed by atoms with Crippen molar-refractivity contribution in [1.29, 1.82) is 0 Å². The molecule has 0 fully saturated rings. The number of carbonyl (C=O) groups excluding carboxylic acids is 1. The van der Waals surface area contributed by atoms with Gasteiger partial charge in [0.1, 0.15) is 0 Å². The van der Waals surface area contributed by atoms with Crippen molar-refractivity contribution in [3.05, 3.63) is 23.3 Å². The summed E-state index contributed by atoms with van der Waals surface area (Å²) in [5.41, 5.74) is 1.90. The molecule has 0 unspecified atom stereocenters. The number of ether oxygens (including phenoxy) is 2. The zero-order chi connectivity index (χ0) is 12.3. The first-order chi connectivity index (χ1) is 8.26. The van der Waals surface area contributed by atoms with Gasteiger partial charge < -0.3 is 9.47 Å². The van der Waals surface area contributed by atoms with Crippen molar-refractivity contribution in [1.82, 2.24) is 0 Å². The molecule has 17 heavy (non-hydrogen) atoms. The third-order valence-corrected chi connectivity index (χ3v) is 3.26. The van der Waals surface area contributed by atoms with E-state index in [9.17, 15) is 4.79 Å². The Bertz CT molecular complexity index is 424. The Morgan fingerprint density at radius 1 is 0.941 bits per heavy atom. The van der Waals surface area contributed by atoms with E-state index < -0.39 is 0 Å². The average molecular weight is 234 g/mol. The lowest BCUT2D eigenvalue weighted by Gasteiger charge is -2.16. The Balaban J connectivity index is 2.47. The van der Waals surface area contributed by atoms with Crippen molar-refractivity contribution in [3.8, 4) is 11.5 Å². The molecule has 0 amide bonds. The van der Waals surface area contributed by atoms with Crippen LogP contribution in [0.4, 0.5) is 0 Å². The number of ketones is 1. The summed E-state index contributed by atoms with van der Waals surface area (Å²) in [7, 11) is 3.21. The number of benzene rings is 1. The molecule has 0 aromatic heterocycles. The molecule has 0 atom stereocenters. The van der Waals surface area contributed by atoms with Gasteiger partial charge in [-0.3, -0.25) is 4.79 Å². The highest BCUT2D eigenvalue weighted by Gasteiger charge is 2.18. The number of fused-ring (bicyclic) bond motifs is 1. The van der Waals surface area contributed by atoms with E-state index in [1.165, 1.54) is 0 Å². The van der Waals surface area contributed by atoms with Crippen molar-refractivity contribution in [2.75, 3.05) is 14.2 Å². The SMILES string of the molecule is COc1cc2c(cc1OC)C(=O)CCCCC2. The molecule has 1 aliphatic carbocycles. The van der Waals surface area contributed by atoms with Gasteiger partial charge in [-0.2, -0.15) is 0 Å². The van der Waals surface area contributed by atoms with E-state index >= 15 is 0 Å². The van der Waals surface area contributed by atoms with Gasteiger partial charge in [-0.05, 0) is 37.0 Å². The second-order valence-electron chi connectivity index (χ2n) is 4.35. The van der Waals surface area contributed by atoms with E-state index in [-0.39, 0.29) is 5.78 Å². The Hall–Kier alpha value is -1.51. The Labute approximate surface area is 102 Å². The quantitative estimate of drug-likeness (QED) is 0.789. The van der Waals surface area contributed by atoms with Crippen LogP contribution in [0.3, 0.4) is 0 Å². The van der Waals surface area contributed by atoms with E-state index in [2.05, 4.69) is 0 Å². The van der Waals surface area contributed by atoms with Gasteiger partial charge in [0.05, 0.1) is 14.2 Å². The van der Waals surface area contributed by atoms with Gasteiger partial charge >= 0.3 is 0 Å². The number of aryl methyl sites for hydroxylation is 1. The standard InChI is InChI=1S/C14H18O3/c1-16-13-8-10-6-4-3-5-7-12(15)11(10)9-14(13)17-2/h8-9H,3-7H2,1-2H3. The summed E-state index contributed by atoms with van der Waals surface area (Å²) < 4.78 is 10.5. The number of methoxy groups -OCH3 is 2. The molecule has 0 bridgehead atoms. The largest absolute Gasteiger partial charge is 0.493 e. The number of rotatable bonds is 2. The highest BCUT2D eigenvalue weighted by molar-refractivity contribution is 5.98. The van der Waals surface area contributed by atoms with Crippen molar-refractivity contribution in [2.24, 2.45) is 0 Å². The molecule has 0 aliphatic heterocycles. The van der Waals surface area contributed by atoms with E-state index in [1.54, 1.807) is 14.2 Å². The van der Waals surface area contributed by atoms with E-state index in [0.717, 1.165) is 36.8 Å². The maximum Gasteiger partial charge on any atom is 0.163 e. The normalized spacial score (nSPS) is 15.8. The number of carbonyl (C=O) groups is 1. The fourth-order valence-electron chi connectivity index (χ4n) is 2.30.